The maximum absolute atomic E-state index is 12.8. The second-order valence-electron chi connectivity index (χ2n) is 16.1. The molecule has 0 aromatic carbocycles. The van der Waals surface area contributed by atoms with E-state index in [0.717, 1.165) is 96.3 Å². The molecule has 0 radical (unpaired) electrons. The third kappa shape index (κ3) is 47.2. The van der Waals surface area contributed by atoms with Crippen LogP contribution in [0.4, 0.5) is 0 Å². The van der Waals surface area contributed by atoms with Gasteiger partial charge in [-0.15, -0.1) is 0 Å². The van der Waals surface area contributed by atoms with Gasteiger partial charge in [-0.3, -0.25) is 14.4 Å². The maximum atomic E-state index is 12.8. The molecule has 0 bridgehead atoms. The van der Waals surface area contributed by atoms with Crippen molar-refractivity contribution in [3.8, 4) is 0 Å². The predicted molar refractivity (Wildman–Crippen MR) is 260 cm³/mol. The molecule has 6 nitrogen and oxygen atoms in total. The van der Waals surface area contributed by atoms with Crippen LogP contribution in [-0.4, -0.2) is 37.2 Å². The van der Waals surface area contributed by atoms with Gasteiger partial charge in [0.25, 0.3) is 0 Å². The minimum absolute atomic E-state index is 0.101. The summed E-state index contributed by atoms with van der Waals surface area (Å²) in [6.07, 6.45) is 64.0. The number of allylic oxidation sites excluding steroid dienone is 16. The molecule has 1 atom stereocenters. The van der Waals surface area contributed by atoms with Crippen molar-refractivity contribution in [2.45, 2.75) is 219 Å². The van der Waals surface area contributed by atoms with Crippen molar-refractivity contribution >= 4 is 17.9 Å². The minimum atomic E-state index is -0.803. The van der Waals surface area contributed by atoms with Gasteiger partial charge >= 0.3 is 17.9 Å². The lowest BCUT2D eigenvalue weighted by molar-refractivity contribution is -0.167. The molecular formula is C55H90O6. The Morgan fingerprint density at radius 1 is 0.361 bits per heavy atom. The summed E-state index contributed by atoms with van der Waals surface area (Å²) in [7, 11) is 0. The lowest BCUT2D eigenvalue weighted by atomic mass is 10.1. The van der Waals surface area contributed by atoms with Crippen molar-refractivity contribution in [1.82, 2.24) is 0 Å². The highest BCUT2D eigenvalue weighted by Gasteiger charge is 2.19. The highest BCUT2D eigenvalue weighted by Crippen LogP contribution is 2.14. The van der Waals surface area contributed by atoms with Crippen LogP contribution >= 0.6 is 0 Å². The van der Waals surface area contributed by atoms with E-state index >= 15 is 0 Å². The number of carbonyl (C=O) groups excluding carboxylic acids is 3. The average molecular weight is 847 g/mol. The van der Waals surface area contributed by atoms with Gasteiger partial charge in [-0.25, -0.2) is 0 Å². The highest BCUT2D eigenvalue weighted by atomic mass is 16.6. The molecule has 61 heavy (non-hydrogen) atoms. The van der Waals surface area contributed by atoms with E-state index < -0.39 is 6.10 Å². The van der Waals surface area contributed by atoms with Gasteiger partial charge in [0.1, 0.15) is 13.2 Å². The Balaban J connectivity index is 4.38. The van der Waals surface area contributed by atoms with E-state index in [9.17, 15) is 14.4 Å². The van der Waals surface area contributed by atoms with Crippen LogP contribution in [0.2, 0.25) is 0 Å². The zero-order valence-corrected chi connectivity index (χ0v) is 39.4. The first-order chi connectivity index (χ1) is 30.0. The standard InChI is InChI=1S/C55H90O6/c1-4-7-10-13-16-19-21-23-25-26-27-28-30-31-33-36-39-42-45-48-54(57)60-51-52(50-59-53(56)47-44-41-38-35-18-15-12-9-6-3)61-55(58)49-46-43-40-37-34-32-29-24-22-20-17-14-11-8-5-2/h8-9,11-12,14,16-24,29,35,52H,4-7,10,13,15,25-28,30-34,36-51H2,1-3H3/b11-8-,12-9-,17-14-,19-16-,22-20-,23-21-,29-24-,35-18-. The normalized spacial score (nSPS) is 12.9. The minimum Gasteiger partial charge on any atom is -0.462 e. The number of esters is 3. The summed E-state index contributed by atoms with van der Waals surface area (Å²) in [5.74, 6) is -0.972. The summed E-state index contributed by atoms with van der Waals surface area (Å²) in [5.41, 5.74) is 0. The van der Waals surface area contributed by atoms with Gasteiger partial charge in [0.15, 0.2) is 6.10 Å². The zero-order chi connectivity index (χ0) is 44.4. The molecular weight excluding hydrogens is 757 g/mol. The van der Waals surface area contributed by atoms with E-state index in [2.05, 4.69) is 93.7 Å². The molecule has 1 unspecified atom stereocenters. The summed E-state index contributed by atoms with van der Waals surface area (Å²) >= 11 is 0. The first-order valence-corrected chi connectivity index (χ1v) is 24.8. The van der Waals surface area contributed by atoms with Gasteiger partial charge in [-0.1, -0.05) is 201 Å². The first kappa shape index (κ1) is 57.3. The Morgan fingerprint density at radius 2 is 0.721 bits per heavy atom. The summed E-state index contributed by atoms with van der Waals surface area (Å²) in [6, 6.07) is 0. The van der Waals surface area contributed by atoms with Gasteiger partial charge < -0.3 is 14.2 Å². The van der Waals surface area contributed by atoms with Crippen LogP contribution in [0.5, 0.6) is 0 Å². The highest BCUT2D eigenvalue weighted by molar-refractivity contribution is 5.71. The molecule has 0 N–H and O–H groups in total. The molecule has 6 heteroatoms. The van der Waals surface area contributed by atoms with Crippen LogP contribution in [0.15, 0.2) is 97.2 Å². The second-order valence-corrected chi connectivity index (χ2v) is 16.1. The van der Waals surface area contributed by atoms with Gasteiger partial charge in [0, 0.05) is 19.3 Å². The van der Waals surface area contributed by atoms with Crippen LogP contribution in [0, 0.1) is 0 Å². The Kier molecular flexibility index (Phi) is 46.0. The molecule has 0 amide bonds. The molecule has 0 aliphatic carbocycles. The molecule has 0 aliphatic heterocycles. The van der Waals surface area contributed by atoms with Crippen molar-refractivity contribution in [3.05, 3.63) is 97.2 Å². The van der Waals surface area contributed by atoms with Crippen LogP contribution in [-0.2, 0) is 28.6 Å². The number of rotatable bonds is 43. The average Bonchev–Trinajstić information content (AvgIpc) is 3.26. The molecule has 0 fully saturated rings. The Morgan fingerprint density at radius 3 is 1.23 bits per heavy atom. The van der Waals surface area contributed by atoms with E-state index in [1.165, 1.54) is 77.0 Å². The number of ether oxygens (including phenoxy) is 3. The van der Waals surface area contributed by atoms with Crippen molar-refractivity contribution in [2.24, 2.45) is 0 Å². The number of unbranched alkanes of at least 4 members (excludes halogenated alkanes) is 20. The molecule has 0 saturated carbocycles. The first-order valence-electron chi connectivity index (χ1n) is 24.8. The molecule has 346 valence electrons. The summed E-state index contributed by atoms with van der Waals surface area (Å²) in [4.78, 5) is 37.8. The fraction of sp³-hybridized carbons (Fsp3) is 0.655. The van der Waals surface area contributed by atoms with Gasteiger partial charge in [-0.05, 0) is 89.9 Å². The van der Waals surface area contributed by atoms with Crippen LogP contribution < -0.4 is 0 Å². The number of carbonyl (C=O) groups is 3. The van der Waals surface area contributed by atoms with Crippen molar-refractivity contribution in [3.63, 3.8) is 0 Å². The molecule has 0 rings (SSSR count). The summed E-state index contributed by atoms with van der Waals surface area (Å²) < 4.78 is 16.7. The maximum Gasteiger partial charge on any atom is 0.306 e. The largest absolute Gasteiger partial charge is 0.462 e. The van der Waals surface area contributed by atoms with Gasteiger partial charge in [0.2, 0.25) is 0 Å². The second kappa shape index (κ2) is 49.0. The lowest BCUT2D eigenvalue weighted by Crippen LogP contribution is -2.30. The fourth-order valence-corrected chi connectivity index (χ4v) is 6.48. The zero-order valence-electron chi connectivity index (χ0n) is 39.4. The molecule has 0 aromatic heterocycles. The van der Waals surface area contributed by atoms with Crippen molar-refractivity contribution in [1.29, 1.82) is 0 Å². The van der Waals surface area contributed by atoms with E-state index in [-0.39, 0.29) is 31.1 Å². The molecule has 0 heterocycles. The van der Waals surface area contributed by atoms with Crippen molar-refractivity contribution in [2.75, 3.05) is 13.2 Å². The van der Waals surface area contributed by atoms with E-state index in [0.29, 0.717) is 19.3 Å². The van der Waals surface area contributed by atoms with E-state index in [1.54, 1.807) is 0 Å². The predicted octanol–water partition coefficient (Wildman–Crippen LogP) is 16.2. The van der Waals surface area contributed by atoms with Crippen molar-refractivity contribution < 1.29 is 28.6 Å². The van der Waals surface area contributed by atoms with Crippen LogP contribution in [0.1, 0.15) is 213 Å². The molecule has 0 aliphatic rings. The van der Waals surface area contributed by atoms with Crippen LogP contribution in [0.3, 0.4) is 0 Å². The Labute approximate surface area is 375 Å². The number of hydrogen-bond acceptors (Lipinski definition) is 6. The third-order valence-corrected chi connectivity index (χ3v) is 10.2. The van der Waals surface area contributed by atoms with E-state index in [1.807, 2.05) is 24.3 Å². The fourth-order valence-electron chi connectivity index (χ4n) is 6.48. The SMILES string of the molecule is CC\C=C/C=C\C=C/C=C\CCCCCCCC(=O)OC(COC(=O)CCCC/C=C\C/C=C\CC)COC(=O)CCCCCCCCCCCC/C=C\C=C/CCCCC. The monoisotopic (exact) mass is 847 g/mol. The summed E-state index contributed by atoms with van der Waals surface area (Å²) in [6.45, 7) is 6.28. The van der Waals surface area contributed by atoms with Crippen LogP contribution in [0.25, 0.3) is 0 Å². The molecule has 0 spiro atoms. The molecule has 0 saturated heterocycles. The third-order valence-electron chi connectivity index (χ3n) is 10.2. The Bertz CT molecular complexity index is 1250. The quantitative estimate of drug-likeness (QED) is 0.0200. The lowest BCUT2D eigenvalue weighted by Gasteiger charge is -2.18. The van der Waals surface area contributed by atoms with Gasteiger partial charge in [0.05, 0.1) is 0 Å². The Hall–Kier alpha value is -3.67. The van der Waals surface area contributed by atoms with Gasteiger partial charge in [-0.2, -0.15) is 0 Å². The topological polar surface area (TPSA) is 78.9 Å². The summed E-state index contributed by atoms with van der Waals surface area (Å²) in [5, 5.41) is 0. The van der Waals surface area contributed by atoms with E-state index in [4.69, 9.17) is 14.2 Å². The number of hydrogen-bond donors (Lipinski definition) is 0. The molecule has 0 aromatic rings. The smallest absolute Gasteiger partial charge is 0.306 e.